The highest BCUT2D eigenvalue weighted by Crippen LogP contribution is 2.23. The summed E-state index contributed by atoms with van der Waals surface area (Å²) in [6.45, 7) is 8.91. The molecule has 0 spiro atoms. The second kappa shape index (κ2) is 6.45. The average Bonchev–Trinajstić information content (AvgIpc) is 2.89. The first-order valence-electron chi connectivity index (χ1n) is 7.06. The largest absolute Gasteiger partial charge is 0.367 e. The minimum Gasteiger partial charge on any atom is -0.367 e. The maximum Gasteiger partial charge on any atom is 0.243 e. The molecule has 0 aliphatic carbocycles. The van der Waals surface area contributed by atoms with E-state index in [9.17, 15) is 0 Å². The Morgan fingerprint density at radius 3 is 2.95 bits per heavy atom. The van der Waals surface area contributed by atoms with Crippen molar-refractivity contribution in [2.75, 3.05) is 19.7 Å². The highest BCUT2D eigenvalue weighted by atomic mass is 16.5. The summed E-state index contributed by atoms with van der Waals surface area (Å²) in [5.74, 6) is 1.13. The van der Waals surface area contributed by atoms with Gasteiger partial charge in [-0.1, -0.05) is 18.5 Å². The summed E-state index contributed by atoms with van der Waals surface area (Å²) in [6.07, 6.45) is 1.74. The van der Waals surface area contributed by atoms with Crippen molar-refractivity contribution >= 4 is 0 Å². The maximum atomic E-state index is 5.98. The molecular weight excluding hydrogens is 244 g/mol. The van der Waals surface area contributed by atoms with Crippen LogP contribution in [0.4, 0.5) is 0 Å². The van der Waals surface area contributed by atoms with Crippen LogP contribution in [0.1, 0.15) is 57.5 Å². The van der Waals surface area contributed by atoms with E-state index in [0.717, 1.165) is 25.9 Å². The van der Waals surface area contributed by atoms with Crippen molar-refractivity contribution in [3.63, 3.8) is 0 Å². The second-order valence-corrected chi connectivity index (χ2v) is 5.33. The van der Waals surface area contributed by atoms with Crippen molar-refractivity contribution in [3.8, 4) is 0 Å². The van der Waals surface area contributed by atoms with Crippen molar-refractivity contribution in [3.05, 3.63) is 11.7 Å². The van der Waals surface area contributed by atoms with Crippen LogP contribution >= 0.6 is 0 Å². The Morgan fingerprint density at radius 2 is 2.26 bits per heavy atom. The molecule has 6 nitrogen and oxygen atoms in total. The fourth-order valence-electron chi connectivity index (χ4n) is 2.26. The first kappa shape index (κ1) is 14.4. The molecule has 0 amide bonds. The van der Waals surface area contributed by atoms with E-state index in [1.54, 1.807) is 0 Å². The Labute approximate surface area is 114 Å². The Hall–Kier alpha value is -0.980. The molecule has 0 bridgehead atoms. The standard InChI is InChI=1S/C13H24N4O2/c1-4-5-10(14)13-15-12(16-19-13)11-8-17(9(2)3)6-7-18-11/h9-11H,4-8,14H2,1-3H3/t10-,11?/m0/s1. The van der Waals surface area contributed by atoms with E-state index in [4.69, 9.17) is 15.0 Å². The van der Waals surface area contributed by atoms with E-state index >= 15 is 0 Å². The highest BCUT2D eigenvalue weighted by molar-refractivity contribution is 4.97. The van der Waals surface area contributed by atoms with Crippen molar-refractivity contribution in [1.82, 2.24) is 15.0 Å². The second-order valence-electron chi connectivity index (χ2n) is 5.33. The number of nitrogens with two attached hydrogens (primary N) is 1. The van der Waals surface area contributed by atoms with Gasteiger partial charge < -0.3 is 15.0 Å². The van der Waals surface area contributed by atoms with Crippen molar-refractivity contribution in [2.45, 2.75) is 51.8 Å². The van der Waals surface area contributed by atoms with E-state index in [-0.39, 0.29) is 12.1 Å². The highest BCUT2D eigenvalue weighted by Gasteiger charge is 2.28. The number of morpholine rings is 1. The number of rotatable bonds is 5. The van der Waals surface area contributed by atoms with Crippen LogP contribution in [0.5, 0.6) is 0 Å². The van der Waals surface area contributed by atoms with Gasteiger partial charge in [0, 0.05) is 19.1 Å². The van der Waals surface area contributed by atoms with Crippen molar-refractivity contribution in [2.24, 2.45) is 5.73 Å². The molecule has 2 rings (SSSR count). The number of hydrogen-bond acceptors (Lipinski definition) is 6. The molecule has 0 saturated carbocycles. The Bertz CT molecular complexity index is 394. The van der Waals surface area contributed by atoms with Gasteiger partial charge in [0.2, 0.25) is 11.7 Å². The zero-order valence-electron chi connectivity index (χ0n) is 12.0. The van der Waals surface area contributed by atoms with Gasteiger partial charge in [-0.2, -0.15) is 4.98 Å². The van der Waals surface area contributed by atoms with E-state index < -0.39 is 0 Å². The van der Waals surface area contributed by atoms with Crippen LogP contribution in [0.2, 0.25) is 0 Å². The molecule has 6 heteroatoms. The van der Waals surface area contributed by atoms with Crippen LogP contribution in [0, 0.1) is 0 Å². The lowest BCUT2D eigenvalue weighted by Crippen LogP contribution is -2.42. The Kier molecular flexibility index (Phi) is 4.90. The first-order valence-corrected chi connectivity index (χ1v) is 7.06. The van der Waals surface area contributed by atoms with Gasteiger partial charge in [0.05, 0.1) is 12.6 Å². The Balaban J connectivity index is 2.01. The molecule has 108 valence electrons. The molecule has 1 aromatic rings. The van der Waals surface area contributed by atoms with Crippen LogP contribution in [-0.4, -0.2) is 40.8 Å². The normalized spacial score (nSPS) is 22.9. The maximum absolute atomic E-state index is 5.98. The van der Waals surface area contributed by atoms with Crippen LogP contribution in [0.3, 0.4) is 0 Å². The van der Waals surface area contributed by atoms with Gasteiger partial charge in [-0.25, -0.2) is 0 Å². The predicted octanol–water partition coefficient (Wildman–Crippen LogP) is 1.65. The van der Waals surface area contributed by atoms with Gasteiger partial charge in [0.1, 0.15) is 6.10 Å². The van der Waals surface area contributed by atoms with Gasteiger partial charge >= 0.3 is 0 Å². The fraction of sp³-hybridized carbons (Fsp3) is 0.846. The zero-order chi connectivity index (χ0) is 13.8. The van der Waals surface area contributed by atoms with Gasteiger partial charge in [-0.05, 0) is 20.3 Å². The molecule has 19 heavy (non-hydrogen) atoms. The van der Waals surface area contributed by atoms with Gasteiger partial charge in [0.25, 0.3) is 0 Å². The third-order valence-electron chi connectivity index (χ3n) is 3.49. The number of ether oxygens (including phenoxy) is 1. The summed E-state index contributed by atoms with van der Waals surface area (Å²) in [6, 6.07) is 0.330. The van der Waals surface area contributed by atoms with Gasteiger partial charge in [0.15, 0.2) is 0 Å². The van der Waals surface area contributed by atoms with E-state index in [1.807, 2.05) is 0 Å². The minimum atomic E-state index is -0.170. The molecule has 1 aromatic heterocycles. The zero-order valence-corrected chi connectivity index (χ0v) is 12.0. The quantitative estimate of drug-likeness (QED) is 0.875. The molecule has 0 radical (unpaired) electrons. The summed E-state index contributed by atoms with van der Waals surface area (Å²) in [5, 5.41) is 4.02. The molecule has 1 saturated heterocycles. The molecular formula is C13H24N4O2. The van der Waals surface area contributed by atoms with Crippen LogP contribution in [0.15, 0.2) is 4.52 Å². The predicted molar refractivity (Wildman–Crippen MR) is 71.5 cm³/mol. The summed E-state index contributed by atoms with van der Waals surface area (Å²) in [7, 11) is 0. The lowest BCUT2D eigenvalue weighted by molar-refractivity contribution is -0.0450. The van der Waals surface area contributed by atoms with E-state index in [0.29, 0.717) is 24.4 Å². The number of aromatic nitrogens is 2. The summed E-state index contributed by atoms with van der Waals surface area (Å²) in [5.41, 5.74) is 5.98. The lowest BCUT2D eigenvalue weighted by Gasteiger charge is -2.34. The van der Waals surface area contributed by atoms with Crippen molar-refractivity contribution < 1.29 is 9.26 Å². The minimum absolute atomic E-state index is 0.109. The number of nitrogens with zero attached hydrogens (tertiary/aromatic N) is 3. The molecule has 2 N–H and O–H groups in total. The summed E-state index contributed by atoms with van der Waals surface area (Å²) in [4.78, 5) is 6.75. The summed E-state index contributed by atoms with van der Waals surface area (Å²) >= 11 is 0. The SMILES string of the molecule is CCC[C@H](N)c1nc(C2CN(C(C)C)CCO2)no1. The molecule has 2 heterocycles. The average molecular weight is 268 g/mol. The Morgan fingerprint density at radius 1 is 1.47 bits per heavy atom. The van der Waals surface area contributed by atoms with Gasteiger partial charge in [-0.15, -0.1) is 0 Å². The molecule has 1 aliphatic heterocycles. The molecule has 2 atom stereocenters. The fourth-order valence-corrected chi connectivity index (χ4v) is 2.26. The van der Waals surface area contributed by atoms with E-state index in [1.165, 1.54) is 0 Å². The number of hydrogen-bond donors (Lipinski definition) is 1. The topological polar surface area (TPSA) is 77.4 Å². The van der Waals surface area contributed by atoms with Crippen LogP contribution in [-0.2, 0) is 4.74 Å². The van der Waals surface area contributed by atoms with Gasteiger partial charge in [-0.3, -0.25) is 4.90 Å². The van der Waals surface area contributed by atoms with Crippen molar-refractivity contribution in [1.29, 1.82) is 0 Å². The molecule has 1 unspecified atom stereocenters. The van der Waals surface area contributed by atoms with E-state index in [2.05, 4.69) is 35.8 Å². The van der Waals surface area contributed by atoms with Crippen LogP contribution in [0.25, 0.3) is 0 Å². The molecule has 0 aromatic carbocycles. The third kappa shape index (κ3) is 3.52. The van der Waals surface area contributed by atoms with Crippen LogP contribution < -0.4 is 5.73 Å². The molecule has 1 aliphatic rings. The lowest BCUT2D eigenvalue weighted by atomic mass is 10.2. The third-order valence-corrected chi connectivity index (χ3v) is 3.49. The first-order chi connectivity index (χ1) is 9.11. The summed E-state index contributed by atoms with van der Waals surface area (Å²) < 4.78 is 11.0. The monoisotopic (exact) mass is 268 g/mol. The smallest absolute Gasteiger partial charge is 0.243 e. The molecule has 1 fully saturated rings.